The Morgan fingerprint density at radius 1 is 1.53 bits per heavy atom. The van der Waals surface area contributed by atoms with Crippen LogP contribution in [-0.2, 0) is 0 Å². The van der Waals surface area contributed by atoms with Crippen LogP contribution in [0, 0.1) is 0 Å². The molecule has 1 saturated heterocycles. The van der Waals surface area contributed by atoms with Crippen LogP contribution in [0.15, 0.2) is 24.3 Å². The van der Waals surface area contributed by atoms with E-state index in [1.165, 1.54) is 0 Å². The number of para-hydroxylation sites is 1. The fourth-order valence-electron chi connectivity index (χ4n) is 1.89. The Hall–Kier alpha value is -1.26. The predicted molar refractivity (Wildman–Crippen MR) is 69.5 cm³/mol. The Labute approximate surface area is 106 Å². The summed E-state index contributed by atoms with van der Waals surface area (Å²) in [5.41, 5.74) is 0.657. The zero-order chi connectivity index (χ0) is 12.3. The van der Waals surface area contributed by atoms with Crippen LogP contribution in [0.4, 0.5) is 10.5 Å². The van der Waals surface area contributed by atoms with Crippen LogP contribution in [0.5, 0.6) is 0 Å². The first-order valence-corrected chi connectivity index (χ1v) is 6.09. The molecule has 2 rings (SSSR count). The molecule has 92 valence electrons. The van der Waals surface area contributed by atoms with Crippen molar-refractivity contribution in [2.45, 2.75) is 13.0 Å². The van der Waals surface area contributed by atoms with E-state index in [1.54, 1.807) is 12.1 Å². The molecule has 1 fully saturated rings. The minimum absolute atomic E-state index is 0.0906. The monoisotopic (exact) mass is 253 g/mol. The molecule has 0 radical (unpaired) electrons. The number of carbonyl (C=O) groups excluding carboxylic acids is 1. The van der Waals surface area contributed by atoms with Gasteiger partial charge < -0.3 is 15.5 Å². The van der Waals surface area contributed by atoms with E-state index in [0.717, 1.165) is 19.6 Å². The van der Waals surface area contributed by atoms with Gasteiger partial charge in [-0.15, -0.1) is 0 Å². The number of amides is 2. The number of hydrogen-bond acceptors (Lipinski definition) is 2. The number of nitrogens with one attached hydrogen (secondary N) is 2. The number of halogens is 1. The summed E-state index contributed by atoms with van der Waals surface area (Å²) >= 11 is 6.00. The Morgan fingerprint density at radius 2 is 2.29 bits per heavy atom. The average Bonchev–Trinajstić information content (AvgIpc) is 2.32. The maximum absolute atomic E-state index is 12.1. The van der Waals surface area contributed by atoms with Gasteiger partial charge in [-0.3, -0.25) is 0 Å². The van der Waals surface area contributed by atoms with Gasteiger partial charge in [-0.1, -0.05) is 23.7 Å². The summed E-state index contributed by atoms with van der Waals surface area (Å²) in [7, 11) is 0. The van der Waals surface area contributed by atoms with Gasteiger partial charge in [-0.25, -0.2) is 4.79 Å². The van der Waals surface area contributed by atoms with Crippen molar-refractivity contribution in [3.8, 4) is 0 Å². The third kappa shape index (κ3) is 2.90. The molecular formula is C12H16ClN3O. The predicted octanol–water partition coefficient (Wildman–Crippen LogP) is 2.17. The first kappa shape index (κ1) is 12.2. The second-order valence-electron chi connectivity index (χ2n) is 4.16. The lowest BCUT2D eigenvalue weighted by Gasteiger charge is -2.33. The maximum atomic E-state index is 12.1. The van der Waals surface area contributed by atoms with Crippen LogP contribution in [0.1, 0.15) is 6.92 Å². The molecule has 1 aliphatic rings. The number of anilines is 1. The highest BCUT2D eigenvalue weighted by Gasteiger charge is 2.23. The van der Waals surface area contributed by atoms with Crippen molar-refractivity contribution in [3.05, 3.63) is 29.3 Å². The number of urea groups is 1. The standard InChI is InChI=1S/C12H16ClN3O/c1-9-8-14-6-7-16(9)12(17)15-11-5-3-2-4-10(11)13/h2-5,9,14H,6-8H2,1H3,(H,15,17)/t9-/m1/s1. The van der Waals surface area contributed by atoms with Crippen molar-refractivity contribution in [3.63, 3.8) is 0 Å². The second kappa shape index (κ2) is 5.38. The maximum Gasteiger partial charge on any atom is 0.322 e. The smallest absolute Gasteiger partial charge is 0.319 e. The topological polar surface area (TPSA) is 44.4 Å². The zero-order valence-electron chi connectivity index (χ0n) is 9.74. The van der Waals surface area contributed by atoms with Crippen LogP contribution >= 0.6 is 11.6 Å². The number of hydrogen-bond donors (Lipinski definition) is 2. The molecule has 1 aromatic carbocycles. The summed E-state index contributed by atoms with van der Waals surface area (Å²) in [4.78, 5) is 13.9. The van der Waals surface area contributed by atoms with Gasteiger partial charge in [0.25, 0.3) is 0 Å². The van der Waals surface area contributed by atoms with Gasteiger partial charge in [-0.2, -0.15) is 0 Å². The van der Waals surface area contributed by atoms with Crippen LogP contribution in [0.2, 0.25) is 5.02 Å². The third-order valence-electron chi connectivity index (χ3n) is 2.88. The van der Waals surface area contributed by atoms with E-state index in [2.05, 4.69) is 10.6 Å². The molecule has 1 aromatic rings. The lowest BCUT2D eigenvalue weighted by atomic mass is 10.2. The summed E-state index contributed by atoms with van der Waals surface area (Å²) in [6.07, 6.45) is 0. The van der Waals surface area contributed by atoms with Crippen LogP contribution in [-0.4, -0.2) is 36.6 Å². The normalized spacial score (nSPS) is 20.1. The summed E-state index contributed by atoms with van der Waals surface area (Å²) in [6.45, 7) is 4.41. The number of piperazine rings is 1. The van der Waals surface area contributed by atoms with Crippen molar-refractivity contribution < 1.29 is 4.79 Å². The van der Waals surface area contributed by atoms with E-state index in [-0.39, 0.29) is 12.1 Å². The Morgan fingerprint density at radius 3 is 3.00 bits per heavy atom. The zero-order valence-corrected chi connectivity index (χ0v) is 10.5. The average molecular weight is 254 g/mol. The van der Waals surface area contributed by atoms with E-state index in [4.69, 9.17) is 11.6 Å². The Bertz CT molecular complexity index is 410. The number of rotatable bonds is 1. The van der Waals surface area contributed by atoms with Gasteiger partial charge in [0.2, 0.25) is 0 Å². The summed E-state index contributed by atoms with van der Waals surface area (Å²) in [6, 6.07) is 7.36. The highest BCUT2D eigenvalue weighted by molar-refractivity contribution is 6.33. The van der Waals surface area contributed by atoms with Crippen LogP contribution in [0.25, 0.3) is 0 Å². The molecule has 2 amide bonds. The fraction of sp³-hybridized carbons (Fsp3) is 0.417. The molecular weight excluding hydrogens is 238 g/mol. The van der Waals surface area contributed by atoms with Gasteiger partial charge in [-0.05, 0) is 19.1 Å². The molecule has 0 aromatic heterocycles. The number of benzene rings is 1. The van der Waals surface area contributed by atoms with Gasteiger partial charge in [0.1, 0.15) is 0 Å². The van der Waals surface area contributed by atoms with Gasteiger partial charge in [0.05, 0.1) is 10.7 Å². The molecule has 1 aliphatic heterocycles. The molecule has 0 bridgehead atoms. The van der Waals surface area contributed by atoms with Crippen molar-refractivity contribution in [1.82, 2.24) is 10.2 Å². The number of carbonyl (C=O) groups is 1. The molecule has 0 aliphatic carbocycles. The van der Waals surface area contributed by atoms with Crippen LogP contribution < -0.4 is 10.6 Å². The van der Waals surface area contributed by atoms with Crippen molar-refractivity contribution >= 4 is 23.3 Å². The Kier molecular flexibility index (Phi) is 3.86. The van der Waals surface area contributed by atoms with E-state index in [1.807, 2.05) is 24.0 Å². The first-order valence-electron chi connectivity index (χ1n) is 5.71. The minimum Gasteiger partial charge on any atom is -0.319 e. The van der Waals surface area contributed by atoms with Crippen molar-refractivity contribution in [1.29, 1.82) is 0 Å². The van der Waals surface area contributed by atoms with Gasteiger partial charge in [0, 0.05) is 25.7 Å². The third-order valence-corrected chi connectivity index (χ3v) is 3.21. The van der Waals surface area contributed by atoms with Crippen molar-refractivity contribution in [2.24, 2.45) is 0 Å². The summed E-state index contributed by atoms with van der Waals surface area (Å²) in [5.74, 6) is 0. The molecule has 1 heterocycles. The summed E-state index contributed by atoms with van der Waals surface area (Å²) < 4.78 is 0. The first-order chi connectivity index (χ1) is 8.18. The SMILES string of the molecule is C[C@@H]1CNCCN1C(=O)Nc1ccccc1Cl. The molecule has 5 heteroatoms. The Balaban J connectivity index is 2.03. The van der Waals surface area contributed by atoms with E-state index >= 15 is 0 Å². The summed E-state index contributed by atoms with van der Waals surface area (Å²) in [5, 5.41) is 6.64. The van der Waals surface area contributed by atoms with Gasteiger partial charge >= 0.3 is 6.03 Å². The van der Waals surface area contributed by atoms with Crippen LogP contribution in [0.3, 0.4) is 0 Å². The highest BCUT2D eigenvalue weighted by atomic mass is 35.5. The lowest BCUT2D eigenvalue weighted by Crippen LogP contribution is -2.53. The van der Waals surface area contributed by atoms with Crippen molar-refractivity contribution in [2.75, 3.05) is 25.0 Å². The largest absolute Gasteiger partial charge is 0.322 e. The lowest BCUT2D eigenvalue weighted by molar-refractivity contribution is 0.177. The molecule has 0 saturated carbocycles. The molecule has 2 N–H and O–H groups in total. The van der Waals surface area contributed by atoms with E-state index in [9.17, 15) is 4.79 Å². The molecule has 17 heavy (non-hydrogen) atoms. The molecule has 1 atom stereocenters. The minimum atomic E-state index is -0.0906. The molecule has 0 unspecified atom stereocenters. The molecule has 0 spiro atoms. The van der Waals surface area contributed by atoms with E-state index < -0.39 is 0 Å². The highest BCUT2D eigenvalue weighted by Crippen LogP contribution is 2.21. The number of nitrogens with zero attached hydrogens (tertiary/aromatic N) is 1. The molecule has 4 nitrogen and oxygen atoms in total. The fourth-order valence-corrected chi connectivity index (χ4v) is 2.08. The van der Waals surface area contributed by atoms with E-state index in [0.29, 0.717) is 10.7 Å². The quantitative estimate of drug-likeness (QED) is 0.806. The van der Waals surface area contributed by atoms with Gasteiger partial charge in [0.15, 0.2) is 0 Å². The second-order valence-corrected chi connectivity index (χ2v) is 4.56.